The van der Waals surface area contributed by atoms with Gasteiger partial charge in [-0.3, -0.25) is 13.8 Å². The van der Waals surface area contributed by atoms with E-state index < -0.39 is 46.3 Å². The van der Waals surface area contributed by atoms with Gasteiger partial charge in [0.15, 0.2) is 0 Å². The number of carbonyl (C=O) groups is 2. The first-order chi connectivity index (χ1) is 17.0. The number of alkyl halides is 3. The van der Waals surface area contributed by atoms with E-state index in [9.17, 15) is 31.4 Å². The normalized spacial score (nSPS) is 22.4. The van der Waals surface area contributed by atoms with Crippen LogP contribution in [0.2, 0.25) is 0 Å². The van der Waals surface area contributed by atoms with Gasteiger partial charge in [0.25, 0.3) is 5.91 Å². The topological polar surface area (TPSA) is 66.5 Å². The summed E-state index contributed by atoms with van der Waals surface area (Å²) < 4.78 is 65.7. The van der Waals surface area contributed by atoms with Crippen LogP contribution in [0.5, 0.6) is 0 Å². The van der Waals surface area contributed by atoms with Crippen molar-refractivity contribution in [3.05, 3.63) is 65.0 Å². The van der Waals surface area contributed by atoms with Crippen molar-refractivity contribution in [3.8, 4) is 0 Å². The number of nitrogens with one attached hydrogen (secondary N) is 1. The van der Waals surface area contributed by atoms with E-state index in [0.717, 1.165) is 44.2 Å². The van der Waals surface area contributed by atoms with Crippen molar-refractivity contribution in [3.63, 3.8) is 0 Å². The lowest BCUT2D eigenvalue weighted by Crippen LogP contribution is -2.73. The molecule has 192 valence electrons. The third-order valence-corrected chi connectivity index (χ3v) is 8.62. The maximum absolute atomic E-state index is 14.8. The number of rotatable bonds is 6. The minimum atomic E-state index is -4.66. The Morgan fingerprint density at radius 3 is 2.42 bits per heavy atom. The predicted molar refractivity (Wildman–Crippen MR) is 125 cm³/mol. The molecule has 0 aromatic heterocycles. The fraction of sp³-hybridized carbons (Fsp3) is 0.462. The summed E-state index contributed by atoms with van der Waals surface area (Å²) in [7, 11) is -1.27. The van der Waals surface area contributed by atoms with Crippen LogP contribution >= 0.6 is 0 Å². The molecule has 1 saturated heterocycles. The molecule has 5 nitrogen and oxygen atoms in total. The maximum Gasteiger partial charge on any atom is 0.416 e. The lowest BCUT2D eigenvalue weighted by atomic mass is 9.57. The van der Waals surface area contributed by atoms with E-state index in [4.69, 9.17) is 0 Å². The predicted octanol–water partition coefficient (Wildman–Crippen LogP) is 4.84. The average Bonchev–Trinajstić information content (AvgIpc) is 3.60. The van der Waals surface area contributed by atoms with Crippen LogP contribution in [0.4, 0.5) is 17.6 Å². The molecule has 2 saturated carbocycles. The fourth-order valence-electron chi connectivity index (χ4n) is 5.45. The molecule has 2 aromatic rings. The summed E-state index contributed by atoms with van der Waals surface area (Å²) in [6.45, 7) is 0.423. The van der Waals surface area contributed by atoms with E-state index in [0.29, 0.717) is 23.1 Å². The lowest BCUT2D eigenvalue weighted by Gasteiger charge is -2.61. The van der Waals surface area contributed by atoms with Crippen molar-refractivity contribution in [2.75, 3.05) is 12.8 Å². The molecule has 1 N–H and O–H groups in total. The van der Waals surface area contributed by atoms with Crippen molar-refractivity contribution >= 4 is 22.6 Å². The van der Waals surface area contributed by atoms with Crippen LogP contribution in [-0.4, -0.2) is 39.8 Å². The van der Waals surface area contributed by atoms with Crippen LogP contribution in [0.3, 0.4) is 0 Å². The molecule has 2 aromatic carbocycles. The zero-order valence-electron chi connectivity index (χ0n) is 19.6. The number of hydrogen-bond acceptors (Lipinski definition) is 3. The third kappa shape index (κ3) is 4.44. The molecule has 0 bridgehead atoms. The van der Waals surface area contributed by atoms with Gasteiger partial charge in [0.1, 0.15) is 11.9 Å². The van der Waals surface area contributed by atoms with Gasteiger partial charge in [-0.25, -0.2) is 4.39 Å². The standard InChI is InChI=1S/C26H26F4N2O3S/c1-36(35)18-5-2-4-16(12-18)24(34)32-14-25(10-3-11-25)22(32)23(33)31-21(15-6-7-15)19-9-8-17(13-20(19)27)26(28,29)30/h2,4-5,8-9,12-13,15,21-22H,3,6-7,10-11,14H2,1H3,(H,31,33). The highest BCUT2D eigenvalue weighted by atomic mass is 32.2. The number of carbonyl (C=O) groups excluding carboxylic acids is 2. The second-order valence-electron chi connectivity index (χ2n) is 10.1. The number of nitrogens with zero attached hydrogens (tertiary/aromatic N) is 1. The molecular weight excluding hydrogens is 496 g/mol. The van der Waals surface area contributed by atoms with Gasteiger partial charge in [0.05, 0.1) is 11.6 Å². The van der Waals surface area contributed by atoms with Gasteiger partial charge >= 0.3 is 6.18 Å². The monoisotopic (exact) mass is 522 g/mol. The zero-order valence-corrected chi connectivity index (χ0v) is 20.4. The number of benzene rings is 2. The molecule has 2 amide bonds. The summed E-state index contributed by atoms with van der Waals surface area (Å²) in [5.74, 6) is -1.84. The molecular formula is C26H26F4N2O3S. The van der Waals surface area contributed by atoms with Gasteiger partial charge in [0, 0.05) is 45.0 Å². The number of amides is 2. The van der Waals surface area contributed by atoms with Gasteiger partial charge in [-0.1, -0.05) is 18.6 Å². The minimum absolute atomic E-state index is 0.0248. The molecule has 1 aliphatic heterocycles. The van der Waals surface area contributed by atoms with Gasteiger partial charge in [-0.2, -0.15) is 13.2 Å². The van der Waals surface area contributed by atoms with Crippen molar-refractivity contribution in [1.29, 1.82) is 0 Å². The van der Waals surface area contributed by atoms with Crippen molar-refractivity contribution < 1.29 is 31.4 Å². The van der Waals surface area contributed by atoms with Crippen LogP contribution in [0, 0.1) is 17.2 Å². The smallest absolute Gasteiger partial charge is 0.347 e. The van der Waals surface area contributed by atoms with E-state index in [1.807, 2.05) is 0 Å². The van der Waals surface area contributed by atoms with E-state index in [1.54, 1.807) is 24.3 Å². The zero-order chi connectivity index (χ0) is 25.8. The first-order valence-corrected chi connectivity index (χ1v) is 13.5. The van der Waals surface area contributed by atoms with Crippen LogP contribution in [0.15, 0.2) is 47.4 Å². The molecule has 36 heavy (non-hydrogen) atoms. The average molecular weight is 523 g/mol. The molecule has 3 unspecified atom stereocenters. The van der Waals surface area contributed by atoms with E-state index in [-0.39, 0.29) is 22.8 Å². The SMILES string of the molecule is CS(=O)c1cccc(C(=O)N2CC3(CCC3)C2C(=O)NC(c2ccc(C(F)(F)F)cc2F)C2CC2)c1. The Kier molecular flexibility index (Phi) is 6.21. The molecule has 3 atom stereocenters. The van der Waals surface area contributed by atoms with Crippen LogP contribution < -0.4 is 5.32 Å². The Morgan fingerprint density at radius 2 is 1.86 bits per heavy atom. The highest BCUT2D eigenvalue weighted by Gasteiger charge is 2.61. The molecule has 0 radical (unpaired) electrons. The van der Waals surface area contributed by atoms with E-state index in [1.165, 1.54) is 11.2 Å². The summed E-state index contributed by atoms with van der Waals surface area (Å²) in [4.78, 5) is 28.9. The summed E-state index contributed by atoms with van der Waals surface area (Å²) in [5, 5.41) is 2.88. The van der Waals surface area contributed by atoms with Gasteiger partial charge < -0.3 is 10.2 Å². The second-order valence-corrected chi connectivity index (χ2v) is 11.5. The quantitative estimate of drug-likeness (QED) is 0.552. The molecule has 3 aliphatic rings. The van der Waals surface area contributed by atoms with E-state index in [2.05, 4.69) is 5.32 Å². The first kappa shape index (κ1) is 24.9. The Labute approximate surface area is 208 Å². The summed E-state index contributed by atoms with van der Waals surface area (Å²) in [6, 6.07) is 7.38. The highest BCUT2D eigenvalue weighted by Crippen LogP contribution is 2.54. The fourth-order valence-corrected chi connectivity index (χ4v) is 6.01. The molecule has 3 fully saturated rings. The number of halogens is 4. The summed E-state index contributed by atoms with van der Waals surface area (Å²) >= 11 is 0. The Bertz CT molecular complexity index is 1240. The van der Waals surface area contributed by atoms with Crippen molar-refractivity contribution in [2.45, 2.75) is 55.3 Å². The third-order valence-electron chi connectivity index (χ3n) is 7.70. The van der Waals surface area contributed by atoms with Gasteiger partial charge in [0.2, 0.25) is 5.91 Å². The molecule has 10 heteroatoms. The number of hydrogen-bond donors (Lipinski definition) is 1. The van der Waals surface area contributed by atoms with Crippen molar-refractivity contribution in [1.82, 2.24) is 10.2 Å². The molecule has 2 aliphatic carbocycles. The van der Waals surface area contributed by atoms with Crippen LogP contribution in [0.25, 0.3) is 0 Å². The molecule has 1 spiro atoms. The maximum atomic E-state index is 14.8. The highest BCUT2D eigenvalue weighted by molar-refractivity contribution is 7.84. The van der Waals surface area contributed by atoms with E-state index >= 15 is 0 Å². The molecule has 5 rings (SSSR count). The Morgan fingerprint density at radius 1 is 1.14 bits per heavy atom. The largest absolute Gasteiger partial charge is 0.416 e. The lowest BCUT2D eigenvalue weighted by molar-refractivity contribution is -0.153. The van der Waals surface area contributed by atoms with Crippen LogP contribution in [-0.2, 0) is 21.8 Å². The summed E-state index contributed by atoms with van der Waals surface area (Å²) in [6.07, 6.45) is 0.826. The summed E-state index contributed by atoms with van der Waals surface area (Å²) in [5.41, 5.74) is -1.05. The van der Waals surface area contributed by atoms with Gasteiger partial charge in [-0.05, 0) is 61.9 Å². The minimum Gasteiger partial charge on any atom is -0.347 e. The Balaban J connectivity index is 1.39. The van der Waals surface area contributed by atoms with Crippen LogP contribution in [0.1, 0.15) is 59.6 Å². The Hall–Kier alpha value is -2.75. The molecule has 1 heterocycles. The number of likely N-dealkylation sites (tertiary alicyclic amines) is 1. The first-order valence-electron chi connectivity index (χ1n) is 11.9. The van der Waals surface area contributed by atoms with Crippen molar-refractivity contribution in [2.24, 2.45) is 11.3 Å². The second kappa shape index (κ2) is 8.97. The van der Waals surface area contributed by atoms with Gasteiger partial charge in [-0.15, -0.1) is 0 Å².